The molecule has 108 valence electrons. The number of amides is 2. The Balaban J connectivity index is 2.94. The average molecular weight is 277 g/mol. The molecule has 0 atom stereocenters. The summed E-state index contributed by atoms with van der Waals surface area (Å²) in [6.45, 7) is 8.60. The molecule has 5 nitrogen and oxygen atoms in total. The van der Waals surface area contributed by atoms with Gasteiger partial charge in [0.25, 0.3) is 5.91 Å². The van der Waals surface area contributed by atoms with Crippen LogP contribution in [0.1, 0.15) is 26.3 Å². The van der Waals surface area contributed by atoms with Crippen molar-refractivity contribution < 1.29 is 19.8 Å². The molecule has 20 heavy (non-hydrogen) atoms. The van der Waals surface area contributed by atoms with Gasteiger partial charge < -0.3 is 10.2 Å². The first-order chi connectivity index (χ1) is 9.23. The Morgan fingerprint density at radius 1 is 1.25 bits per heavy atom. The van der Waals surface area contributed by atoms with E-state index in [1.165, 1.54) is 18.2 Å². The first-order valence-electron chi connectivity index (χ1n) is 6.26. The minimum Gasteiger partial charge on any atom is -0.504 e. The molecule has 0 saturated carbocycles. The van der Waals surface area contributed by atoms with Crippen LogP contribution in [0.25, 0.3) is 0 Å². The number of phenols is 2. The van der Waals surface area contributed by atoms with Crippen molar-refractivity contribution in [3.8, 4) is 11.5 Å². The molecular formula is C15H19NO4. The SMILES string of the molecule is C=C(C)C(=O)N(C(=O)Cc1ccc(O)c(O)c1)C(C)C. The van der Waals surface area contributed by atoms with Crippen LogP contribution in [0, 0.1) is 0 Å². The first-order valence-corrected chi connectivity index (χ1v) is 6.26. The van der Waals surface area contributed by atoms with Crippen molar-refractivity contribution in [1.82, 2.24) is 4.90 Å². The van der Waals surface area contributed by atoms with E-state index in [2.05, 4.69) is 6.58 Å². The number of phenolic OH excluding ortho intramolecular Hbond substituents is 2. The summed E-state index contributed by atoms with van der Waals surface area (Å²) in [5.74, 6) is -1.33. The smallest absolute Gasteiger partial charge is 0.255 e. The Morgan fingerprint density at radius 2 is 1.85 bits per heavy atom. The van der Waals surface area contributed by atoms with Crippen LogP contribution >= 0.6 is 0 Å². The Labute approximate surface area is 118 Å². The number of rotatable bonds is 4. The number of hydrogen-bond acceptors (Lipinski definition) is 4. The molecule has 0 aliphatic rings. The number of carbonyl (C=O) groups is 2. The number of aromatic hydroxyl groups is 2. The van der Waals surface area contributed by atoms with Crippen LogP contribution in [0.15, 0.2) is 30.4 Å². The third-order valence-corrected chi connectivity index (χ3v) is 2.76. The first kappa shape index (κ1) is 15.8. The highest BCUT2D eigenvalue weighted by molar-refractivity contribution is 6.04. The molecule has 0 aromatic heterocycles. The summed E-state index contributed by atoms with van der Waals surface area (Å²) in [4.78, 5) is 25.3. The van der Waals surface area contributed by atoms with E-state index >= 15 is 0 Å². The maximum atomic E-state index is 12.2. The zero-order chi connectivity index (χ0) is 15.4. The maximum Gasteiger partial charge on any atom is 0.255 e. The van der Waals surface area contributed by atoms with Crippen LogP contribution in [0.5, 0.6) is 11.5 Å². The van der Waals surface area contributed by atoms with Crippen molar-refractivity contribution in [3.63, 3.8) is 0 Å². The molecule has 0 radical (unpaired) electrons. The van der Waals surface area contributed by atoms with Crippen molar-refractivity contribution in [2.75, 3.05) is 0 Å². The summed E-state index contributed by atoms with van der Waals surface area (Å²) in [5, 5.41) is 18.6. The fourth-order valence-corrected chi connectivity index (χ4v) is 1.78. The number of hydrogen-bond donors (Lipinski definition) is 2. The van der Waals surface area contributed by atoms with Gasteiger partial charge in [-0.15, -0.1) is 0 Å². The van der Waals surface area contributed by atoms with Crippen LogP contribution in [0.3, 0.4) is 0 Å². The van der Waals surface area contributed by atoms with E-state index in [1.54, 1.807) is 20.8 Å². The Kier molecular flexibility index (Phi) is 4.91. The summed E-state index contributed by atoms with van der Waals surface area (Å²) >= 11 is 0. The monoisotopic (exact) mass is 277 g/mol. The fourth-order valence-electron chi connectivity index (χ4n) is 1.78. The molecule has 5 heteroatoms. The Hall–Kier alpha value is -2.30. The minimum atomic E-state index is -0.409. The van der Waals surface area contributed by atoms with Gasteiger partial charge in [0.2, 0.25) is 5.91 Å². The van der Waals surface area contributed by atoms with E-state index in [0.717, 1.165) is 4.90 Å². The highest BCUT2D eigenvalue weighted by atomic mass is 16.3. The lowest BCUT2D eigenvalue weighted by Crippen LogP contribution is -2.43. The van der Waals surface area contributed by atoms with Crippen molar-refractivity contribution >= 4 is 11.8 Å². The van der Waals surface area contributed by atoms with Gasteiger partial charge in [0.1, 0.15) is 0 Å². The minimum absolute atomic E-state index is 0.0367. The lowest BCUT2D eigenvalue weighted by molar-refractivity contribution is -0.144. The van der Waals surface area contributed by atoms with Crippen LogP contribution < -0.4 is 0 Å². The van der Waals surface area contributed by atoms with Gasteiger partial charge in [-0.05, 0) is 38.5 Å². The normalized spacial score (nSPS) is 10.4. The number of carbonyl (C=O) groups excluding carboxylic acids is 2. The zero-order valence-electron chi connectivity index (χ0n) is 11.9. The molecule has 2 N–H and O–H groups in total. The van der Waals surface area contributed by atoms with E-state index in [-0.39, 0.29) is 29.9 Å². The molecule has 0 fully saturated rings. The molecule has 0 heterocycles. The van der Waals surface area contributed by atoms with Gasteiger partial charge in [0.05, 0.1) is 6.42 Å². The molecule has 0 aliphatic carbocycles. The third kappa shape index (κ3) is 3.60. The highest BCUT2D eigenvalue weighted by Crippen LogP contribution is 2.25. The second-order valence-electron chi connectivity index (χ2n) is 4.94. The van der Waals surface area contributed by atoms with Gasteiger partial charge >= 0.3 is 0 Å². The molecule has 0 bridgehead atoms. The van der Waals surface area contributed by atoms with Crippen LogP contribution in [0.4, 0.5) is 0 Å². The molecule has 2 amide bonds. The number of imide groups is 1. The van der Waals surface area contributed by atoms with Gasteiger partial charge in [-0.25, -0.2) is 0 Å². The fraction of sp³-hybridized carbons (Fsp3) is 0.333. The second-order valence-corrected chi connectivity index (χ2v) is 4.94. The van der Waals surface area contributed by atoms with E-state index in [4.69, 9.17) is 0 Å². The lowest BCUT2D eigenvalue weighted by Gasteiger charge is -2.25. The van der Waals surface area contributed by atoms with E-state index in [0.29, 0.717) is 11.1 Å². The lowest BCUT2D eigenvalue weighted by atomic mass is 10.1. The zero-order valence-corrected chi connectivity index (χ0v) is 11.9. The molecule has 0 aliphatic heterocycles. The molecule has 0 unspecified atom stereocenters. The van der Waals surface area contributed by atoms with Crippen molar-refractivity contribution in [1.29, 1.82) is 0 Å². The van der Waals surface area contributed by atoms with Crippen molar-refractivity contribution in [3.05, 3.63) is 35.9 Å². The predicted octanol–water partition coefficient (Wildman–Crippen LogP) is 1.98. The predicted molar refractivity (Wildman–Crippen MR) is 75.3 cm³/mol. The second kappa shape index (κ2) is 6.23. The van der Waals surface area contributed by atoms with Gasteiger partial charge in [-0.2, -0.15) is 0 Å². The third-order valence-electron chi connectivity index (χ3n) is 2.76. The molecule has 0 saturated heterocycles. The summed E-state index contributed by atoms with van der Waals surface area (Å²) < 4.78 is 0. The van der Waals surface area contributed by atoms with E-state index in [9.17, 15) is 19.8 Å². The van der Waals surface area contributed by atoms with Gasteiger partial charge in [-0.1, -0.05) is 12.6 Å². The average Bonchev–Trinajstić information content (AvgIpc) is 2.33. The standard InChI is InChI=1S/C15H19NO4/c1-9(2)15(20)16(10(3)4)14(19)8-11-5-6-12(17)13(18)7-11/h5-7,10,17-18H,1,8H2,2-4H3. The maximum absolute atomic E-state index is 12.2. The summed E-state index contributed by atoms with van der Waals surface area (Å²) in [6, 6.07) is 3.85. The number of benzene rings is 1. The summed E-state index contributed by atoms with van der Waals surface area (Å²) in [6.07, 6.45) is -0.0367. The van der Waals surface area contributed by atoms with E-state index in [1.807, 2.05) is 0 Å². The molecule has 0 spiro atoms. The topological polar surface area (TPSA) is 77.8 Å². The quantitative estimate of drug-likeness (QED) is 0.651. The van der Waals surface area contributed by atoms with Crippen LogP contribution in [-0.2, 0) is 16.0 Å². The highest BCUT2D eigenvalue weighted by Gasteiger charge is 2.24. The van der Waals surface area contributed by atoms with Gasteiger partial charge in [-0.3, -0.25) is 14.5 Å². The Morgan fingerprint density at radius 3 is 2.30 bits per heavy atom. The molecule has 1 aromatic carbocycles. The van der Waals surface area contributed by atoms with Crippen molar-refractivity contribution in [2.24, 2.45) is 0 Å². The molecule has 1 rings (SSSR count). The largest absolute Gasteiger partial charge is 0.504 e. The molecular weight excluding hydrogens is 258 g/mol. The Bertz CT molecular complexity index is 549. The van der Waals surface area contributed by atoms with Crippen LogP contribution in [-0.4, -0.2) is 33.0 Å². The van der Waals surface area contributed by atoms with Gasteiger partial charge in [0, 0.05) is 11.6 Å². The molecule has 1 aromatic rings. The van der Waals surface area contributed by atoms with E-state index < -0.39 is 5.91 Å². The summed E-state index contributed by atoms with van der Waals surface area (Å²) in [7, 11) is 0. The van der Waals surface area contributed by atoms with Gasteiger partial charge in [0.15, 0.2) is 11.5 Å². The summed E-state index contributed by atoms with van der Waals surface area (Å²) in [5.41, 5.74) is 0.811. The number of nitrogens with zero attached hydrogens (tertiary/aromatic N) is 1. The van der Waals surface area contributed by atoms with Crippen LogP contribution in [0.2, 0.25) is 0 Å². The van der Waals surface area contributed by atoms with Crippen molar-refractivity contribution in [2.45, 2.75) is 33.2 Å².